The SMILES string of the molecule is O=C(CCS(=O)(=O)c1cc2c(cc1Br)CCN2C(=O)C1CC1)Nc1cc(F)ccc1F. The van der Waals surface area contributed by atoms with Crippen LogP contribution in [0.4, 0.5) is 20.2 Å². The Morgan fingerprint density at radius 1 is 1.16 bits per heavy atom. The summed E-state index contributed by atoms with van der Waals surface area (Å²) in [5.74, 6) is -2.79. The first-order valence-electron chi connectivity index (χ1n) is 9.77. The van der Waals surface area contributed by atoms with E-state index in [1.165, 1.54) is 6.07 Å². The van der Waals surface area contributed by atoms with Gasteiger partial charge in [-0.3, -0.25) is 9.59 Å². The molecular weight excluding hydrogens is 494 g/mol. The van der Waals surface area contributed by atoms with Crippen molar-refractivity contribution in [2.45, 2.75) is 30.6 Å². The number of rotatable bonds is 6. The van der Waals surface area contributed by atoms with E-state index in [0.717, 1.165) is 36.6 Å². The topological polar surface area (TPSA) is 83.6 Å². The molecule has 0 spiro atoms. The first kappa shape index (κ1) is 21.9. The highest BCUT2D eigenvalue weighted by atomic mass is 79.9. The summed E-state index contributed by atoms with van der Waals surface area (Å²) in [5.41, 5.74) is 1.12. The van der Waals surface area contributed by atoms with Crippen LogP contribution in [0.25, 0.3) is 0 Å². The lowest BCUT2D eigenvalue weighted by atomic mass is 10.2. The van der Waals surface area contributed by atoms with E-state index in [1.54, 1.807) is 11.0 Å². The number of halogens is 3. The van der Waals surface area contributed by atoms with E-state index in [-0.39, 0.29) is 22.4 Å². The quantitative estimate of drug-likeness (QED) is 0.637. The molecule has 31 heavy (non-hydrogen) atoms. The molecule has 0 bridgehead atoms. The Morgan fingerprint density at radius 3 is 2.61 bits per heavy atom. The maximum absolute atomic E-state index is 13.7. The number of carbonyl (C=O) groups is 2. The maximum Gasteiger partial charge on any atom is 0.230 e. The molecule has 1 N–H and O–H groups in total. The number of anilines is 2. The van der Waals surface area contributed by atoms with E-state index in [4.69, 9.17) is 0 Å². The van der Waals surface area contributed by atoms with Gasteiger partial charge >= 0.3 is 0 Å². The van der Waals surface area contributed by atoms with Gasteiger partial charge in [-0.25, -0.2) is 17.2 Å². The van der Waals surface area contributed by atoms with Gasteiger partial charge in [0, 0.05) is 35.1 Å². The summed E-state index contributed by atoms with van der Waals surface area (Å²) in [6, 6.07) is 5.79. The largest absolute Gasteiger partial charge is 0.323 e. The molecule has 0 radical (unpaired) electrons. The van der Waals surface area contributed by atoms with Crippen molar-refractivity contribution in [1.82, 2.24) is 0 Å². The molecule has 10 heteroatoms. The van der Waals surface area contributed by atoms with Crippen molar-refractivity contribution in [3.05, 3.63) is 52.0 Å². The third kappa shape index (κ3) is 4.64. The molecule has 1 aliphatic heterocycles. The van der Waals surface area contributed by atoms with E-state index < -0.39 is 39.6 Å². The van der Waals surface area contributed by atoms with Crippen molar-refractivity contribution in [3.8, 4) is 0 Å². The van der Waals surface area contributed by atoms with Crippen molar-refractivity contribution in [2.75, 3.05) is 22.5 Å². The molecule has 164 valence electrons. The van der Waals surface area contributed by atoms with E-state index >= 15 is 0 Å². The Hall–Kier alpha value is -2.33. The third-order valence-corrected chi connectivity index (χ3v) is 8.02. The van der Waals surface area contributed by atoms with Crippen molar-refractivity contribution in [2.24, 2.45) is 5.92 Å². The Kier molecular flexibility index (Phi) is 5.87. The fourth-order valence-corrected chi connectivity index (χ4v) is 6.00. The molecule has 0 unspecified atom stereocenters. The Bertz CT molecular complexity index is 1180. The van der Waals surface area contributed by atoms with E-state index in [0.29, 0.717) is 23.1 Å². The summed E-state index contributed by atoms with van der Waals surface area (Å²) in [6.45, 7) is 0.516. The molecule has 1 heterocycles. The van der Waals surface area contributed by atoms with E-state index in [2.05, 4.69) is 21.2 Å². The standard InChI is InChI=1S/C21H19BrF2N2O4S/c22-15-9-13-5-7-26(21(28)12-1-2-12)18(13)11-19(15)31(29,30)8-6-20(27)25-17-10-14(23)3-4-16(17)24/h3-4,9-12H,1-2,5-8H2,(H,25,27). The number of nitrogens with zero attached hydrogens (tertiary/aromatic N) is 1. The molecule has 2 aromatic rings. The van der Waals surface area contributed by atoms with Gasteiger partial charge in [0.1, 0.15) is 11.6 Å². The second kappa shape index (κ2) is 8.31. The van der Waals surface area contributed by atoms with Gasteiger partial charge in [-0.1, -0.05) is 0 Å². The van der Waals surface area contributed by atoms with Crippen LogP contribution < -0.4 is 10.2 Å². The van der Waals surface area contributed by atoms with Crippen LogP contribution in [0.15, 0.2) is 39.7 Å². The van der Waals surface area contributed by atoms with Gasteiger partial charge in [0.25, 0.3) is 0 Å². The summed E-state index contributed by atoms with van der Waals surface area (Å²) >= 11 is 3.29. The number of amides is 2. The van der Waals surface area contributed by atoms with Gasteiger partial charge in [-0.15, -0.1) is 0 Å². The highest BCUT2D eigenvalue weighted by Crippen LogP contribution is 2.39. The predicted octanol–water partition coefficient (Wildman–Crippen LogP) is 3.83. The van der Waals surface area contributed by atoms with Crippen LogP contribution in [0.2, 0.25) is 0 Å². The van der Waals surface area contributed by atoms with Crippen LogP contribution in [0, 0.1) is 17.6 Å². The first-order valence-corrected chi connectivity index (χ1v) is 12.2. The normalized spacial score (nSPS) is 15.6. The lowest BCUT2D eigenvalue weighted by molar-refractivity contribution is -0.119. The van der Waals surface area contributed by atoms with Gasteiger partial charge in [0.05, 0.1) is 16.3 Å². The Balaban J connectivity index is 1.49. The zero-order valence-electron chi connectivity index (χ0n) is 16.3. The zero-order chi connectivity index (χ0) is 22.3. The van der Waals surface area contributed by atoms with Crippen molar-refractivity contribution >= 4 is 49.0 Å². The highest BCUT2D eigenvalue weighted by molar-refractivity contribution is 9.10. The molecule has 6 nitrogen and oxygen atoms in total. The molecule has 1 fully saturated rings. The first-order chi connectivity index (χ1) is 14.7. The number of carbonyl (C=O) groups excluding carboxylic acids is 2. The Morgan fingerprint density at radius 2 is 1.90 bits per heavy atom. The lowest BCUT2D eigenvalue weighted by Gasteiger charge is -2.18. The van der Waals surface area contributed by atoms with Gasteiger partial charge in [-0.2, -0.15) is 0 Å². The summed E-state index contributed by atoms with van der Waals surface area (Å²) in [6.07, 6.45) is 1.92. The molecule has 0 aromatic heterocycles. The number of nitrogens with one attached hydrogen (secondary N) is 1. The monoisotopic (exact) mass is 512 g/mol. The summed E-state index contributed by atoms with van der Waals surface area (Å²) in [4.78, 5) is 26.3. The fourth-order valence-electron chi connectivity index (χ4n) is 3.55. The molecule has 0 atom stereocenters. The average Bonchev–Trinajstić information content (AvgIpc) is 3.48. The van der Waals surface area contributed by atoms with Crippen molar-refractivity contribution < 1.29 is 26.8 Å². The minimum atomic E-state index is -3.89. The van der Waals surface area contributed by atoms with Gasteiger partial charge in [-0.05, 0) is 65.0 Å². The highest BCUT2D eigenvalue weighted by Gasteiger charge is 2.37. The molecule has 1 aliphatic carbocycles. The molecule has 0 saturated heterocycles. The molecule has 1 saturated carbocycles. The van der Waals surface area contributed by atoms with E-state index in [1.807, 2.05) is 0 Å². The Labute approximate surface area is 186 Å². The van der Waals surface area contributed by atoms with Crippen molar-refractivity contribution in [3.63, 3.8) is 0 Å². The minimum absolute atomic E-state index is 0.00789. The molecule has 2 aromatic carbocycles. The van der Waals surface area contributed by atoms with Crippen LogP contribution in [0.5, 0.6) is 0 Å². The van der Waals surface area contributed by atoms with Crippen LogP contribution in [-0.4, -0.2) is 32.5 Å². The van der Waals surface area contributed by atoms with Crippen LogP contribution in [-0.2, 0) is 25.8 Å². The average molecular weight is 513 g/mol. The molecular formula is C21H19BrF2N2O4S. The number of hydrogen-bond donors (Lipinski definition) is 1. The fraction of sp³-hybridized carbons (Fsp3) is 0.333. The second-order valence-electron chi connectivity index (χ2n) is 7.67. The number of fused-ring (bicyclic) bond motifs is 1. The summed E-state index contributed by atoms with van der Waals surface area (Å²) in [5, 5.41) is 2.19. The smallest absolute Gasteiger partial charge is 0.230 e. The van der Waals surface area contributed by atoms with Gasteiger partial charge in [0.15, 0.2) is 9.84 Å². The van der Waals surface area contributed by atoms with Crippen LogP contribution in [0.3, 0.4) is 0 Å². The van der Waals surface area contributed by atoms with Gasteiger partial charge in [0.2, 0.25) is 11.8 Å². The number of hydrogen-bond acceptors (Lipinski definition) is 4. The zero-order valence-corrected chi connectivity index (χ0v) is 18.7. The minimum Gasteiger partial charge on any atom is -0.323 e. The lowest BCUT2D eigenvalue weighted by Crippen LogP contribution is -2.30. The number of benzene rings is 2. The van der Waals surface area contributed by atoms with Gasteiger partial charge < -0.3 is 10.2 Å². The van der Waals surface area contributed by atoms with Crippen molar-refractivity contribution in [1.29, 1.82) is 0 Å². The molecule has 4 rings (SSSR count). The van der Waals surface area contributed by atoms with E-state index in [9.17, 15) is 26.8 Å². The maximum atomic E-state index is 13.7. The predicted molar refractivity (Wildman–Crippen MR) is 115 cm³/mol. The van der Waals surface area contributed by atoms with Crippen LogP contribution >= 0.6 is 15.9 Å². The molecule has 2 aliphatic rings. The van der Waals surface area contributed by atoms with Crippen LogP contribution in [0.1, 0.15) is 24.8 Å². The summed E-state index contributed by atoms with van der Waals surface area (Å²) < 4.78 is 53.1. The summed E-state index contributed by atoms with van der Waals surface area (Å²) in [7, 11) is -3.89. The third-order valence-electron chi connectivity index (χ3n) is 5.36. The second-order valence-corrected chi connectivity index (χ2v) is 10.6. The molecule has 2 amide bonds. The number of sulfone groups is 1.